The number of carbonyl (C=O) groups is 2. The summed E-state index contributed by atoms with van der Waals surface area (Å²) < 4.78 is 10.6. The van der Waals surface area contributed by atoms with E-state index in [1.54, 1.807) is 0 Å². The van der Waals surface area contributed by atoms with Crippen LogP contribution in [0.4, 0.5) is 0 Å². The molecule has 1 saturated carbocycles. The van der Waals surface area contributed by atoms with Crippen LogP contribution in [0.1, 0.15) is 58.3 Å². The molecule has 0 aromatic carbocycles. The molecule has 2 aliphatic rings. The number of nitrogens with zero attached hydrogens (tertiary/aromatic N) is 1. The van der Waals surface area contributed by atoms with E-state index in [9.17, 15) is 9.59 Å². The summed E-state index contributed by atoms with van der Waals surface area (Å²) in [5, 5.41) is 2.80. The van der Waals surface area contributed by atoms with E-state index in [0.29, 0.717) is 12.3 Å². The molecule has 0 bridgehead atoms. The Morgan fingerprint density at radius 1 is 1.12 bits per heavy atom. The Bertz CT molecular complexity index is 424. The molecule has 6 heteroatoms. The van der Waals surface area contributed by atoms with Gasteiger partial charge in [-0.15, -0.1) is 0 Å². The molecule has 1 aliphatic heterocycles. The number of esters is 1. The van der Waals surface area contributed by atoms with Gasteiger partial charge in [0.1, 0.15) is 12.6 Å². The first-order chi connectivity index (χ1) is 12.1. The van der Waals surface area contributed by atoms with Crippen molar-refractivity contribution >= 4 is 11.9 Å². The van der Waals surface area contributed by atoms with E-state index in [4.69, 9.17) is 9.47 Å². The lowest BCUT2D eigenvalue weighted by molar-refractivity contribution is -0.146. The molecule has 1 aliphatic carbocycles. The molecule has 0 aromatic heterocycles. The van der Waals surface area contributed by atoms with Crippen molar-refractivity contribution < 1.29 is 19.1 Å². The van der Waals surface area contributed by atoms with Crippen molar-refractivity contribution in [2.75, 3.05) is 33.4 Å². The Morgan fingerprint density at radius 3 is 2.52 bits per heavy atom. The van der Waals surface area contributed by atoms with Crippen molar-refractivity contribution in [2.45, 2.75) is 70.4 Å². The predicted octanol–water partition coefficient (Wildman–Crippen LogP) is 2.12. The molecule has 2 rings (SSSR count). The molecule has 0 spiro atoms. The van der Waals surface area contributed by atoms with Crippen molar-refractivity contribution in [3.05, 3.63) is 0 Å². The molecule has 0 radical (unpaired) electrons. The number of ether oxygens (including phenoxy) is 2. The number of piperidine rings is 1. The Morgan fingerprint density at radius 2 is 1.84 bits per heavy atom. The van der Waals surface area contributed by atoms with Gasteiger partial charge in [-0.3, -0.25) is 4.79 Å². The average molecular weight is 354 g/mol. The molecule has 1 heterocycles. The van der Waals surface area contributed by atoms with Crippen LogP contribution in [0.2, 0.25) is 0 Å². The average Bonchev–Trinajstić information content (AvgIpc) is 2.64. The van der Waals surface area contributed by atoms with Crippen molar-refractivity contribution in [2.24, 2.45) is 5.92 Å². The summed E-state index contributed by atoms with van der Waals surface area (Å²) in [5.74, 6) is -0.111. The Kier molecular flexibility index (Phi) is 8.68. The molecule has 0 unspecified atom stereocenters. The number of nitrogens with one attached hydrogen (secondary N) is 1. The Balaban J connectivity index is 1.75. The van der Waals surface area contributed by atoms with Crippen LogP contribution in [0.25, 0.3) is 0 Å². The SMILES string of the molecule is COC(=O)[C@H](CCN1CCCCC1)NC(=O)CO[C@H]1CCCC[C@@H]1C. The number of hydrogen-bond donors (Lipinski definition) is 1. The van der Waals surface area contributed by atoms with Crippen LogP contribution in [0.3, 0.4) is 0 Å². The second-order valence-electron chi connectivity index (χ2n) is 7.45. The van der Waals surface area contributed by atoms with E-state index >= 15 is 0 Å². The highest BCUT2D eigenvalue weighted by Crippen LogP contribution is 2.26. The maximum Gasteiger partial charge on any atom is 0.328 e. The van der Waals surface area contributed by atoms with Crippen LogP contribution in [-0.4, -0.2) is 62.3 Å². The quantitative estimate of drug-likeness (QED) is 0.676. The molecule has 1 amide bonds. The minimum atomic E-state index is -0.591. The van der Waals surface area contributed by atoms with Crippen LogP contribution in [-0.2, 0) is 19.1 Å². The van der Waals surface area contributed by atoms with Crippen LogP contribution in [0, 0.1) is 5.92 Å². The first-order valence-corrected chi connectivity index (χ1v) is 9.81. The van der Waals surface area contributed by atoms with E-state index in [2.05, 4.69) is 17.1 Å². The van der Waals surface area contributed by atoms with Crippen molar-refractivity contribution in [3.63, 3.8) is 0 Å². The fourth-order valence-electron chi connectivity index (χ4n) is 3.83. The highest BCUT2D eigenvalue weighted by atomic mass is 16.5. The summed E-state index contributed by atoms with van der Waals surface area (Å²) in [5.41, 5.74) is 0. The molecule has 0 aromatic rings. The number of amides is 1. The highest BCUT2D eigenvalue weighted by Gasteiger charge is 2.25. The maximum absolute atomic E-state index is 12.2. The van der Waals surface area contributed by atoms with Gasteiger partial charge in [0.05, 0.1) is 13.2 Å². The minimum absolute atomic E-state index is 0.0201. The van der Waals surface area contributed by atoms with Crippen LogP contribution in [0.5, 0.6) is 0 Å². The minimum Gasteiger partial charge on any atom is -0.467 e. The van der Waals surface area contributed by atoms with Crippen LogP contribution < -0.4 is 5.32 Å². The molecule has 25 heavy (non-hydrogen) atoms. The van der Waals surface area contributed by atoms with Crippen molar-refractivity contribution in [1.82, 2.24) is 10.2 Å². The fourth-order valence-corrected chi connectivity index (χ4v) is 3.83. The van der Waals surface area contributed by atoms with Gasteiger partial charge >= 0.3 is 5.97 Å². The molecule has 6 nitrogen and oxygen atoms in total. The summed E-state index contributed by atoms with van der Waals surface area (Å²) in [6.45, 7) is 5.15. The van der Waals surface area contributed by atoms with Gasteiger partial charge in [0, 0.05) is 6.54 Å². The fraction of sp³-hybridized carbons (Fsp3) is 0.895. The zero-order chi connectivity index (χ0) is 18.1. The summed E-state index contributed by atoms with van der Waals surface area (Å²) in [6.07, 6.45) is 9.03. The Labute approximate surface area is 151 Å². The number of hydrogen-bond acceptors (Lipinski definition) is 5. The molecule has 1 saturated heterocycles. The molecular weight excluding hydrogens is 320 g/mol. The van der Waals surface area contributed by atoms with Gasteiger partial charge in [-0.25, -0.2) is 4.79 Å². The van der Waals surface area contributed by atoms with Crippen molar-refractivity contribution in [1.29, 1.82) is 0 Å². The zero-order valence-electron chi connectivity index (χ0n) is 15.8. The second-order valence-corrected chi connectivity index (χ2v) is 7.45. The van der Waals surface area contributed by atoms with E-state index in [-0.39, 0.29) is 24.6 Å². The lowest BCUT2D eigenvalue weighted by Gasteiger charge is -2.29. The number of carbonyl (C=O) groups excluding carboxylic acids is 2. The van der Waals surface area contributed by atoms with E-state index < -0.39 is 6.04 Å². The molecule has 1 N–H and O–H groups in total. The Hall–Kier alpha value is -1.14. The maximum atomic E-state index is 12.2. The topological polar surface area (TPSA) is 67.9 Å². The smallest absolute Gasteiger partial charge is 0.328 e. The van der Waals surface area contributed by atoms with Crippen LogP contribution in [0.15, 0.2) is 0 Å². The standard InChI is InChI=1S/C19H34N2O4/c1-15-8-4-5-9-17(15)25-14-18(22)20-16(19(23)24-2)10-13-21-11-6-3-7-12-21/h15-17H,3-14H2,1-2H3,(H,20,22)/t15-,16-,17-/m0/s1. The third-order valence-corrected chi connectivity index (χ3v) is 5.46. The number of likely N-dealkylation sites (tertiary alicyclic amines) is 1. The predicted molar refractivity (Wildman–Crippen MR) is 96.2 cm³/mol. The summed E-state index contributed by atoms with van der Waals surface area (Å²) in [6, 6.07) is -0.591. The van der Waals surface area contributed by atoms with Gasteiger partial charge < -0.3 is 19.7 Å². The molecule has 144 valence electrons. The van der Waals surface area contributed by atoms with Crippen molar-refractivity contribution in [3.8, 4) is 0 Å². The highest BCUT2D eigenvalue weighted by molar-refractivity contribution is 5.85. The zero-order valence-corrected chi connectivity index (χ0v) is 15.8. The normalized spacial score (nSPS) is 26.0. The lowest BCUT2D eigenvalue weighted by Crippen LogP contribution is -2.46. The molecule has 2 fully saturated rings. The van der Waals surface area contributed by atoms with E-state index in [0.717, 1.165) is 38.9 Å². The molecule has 3 atom stereocenters. The van der Waals surface area contributed by atoms with Crippen LogP contribution >= 0.6 is 0 Å². The van der Waals surface area contributed by atoms with E-state index in [1.165, 1.54) is 32.8 Å². The van der Waals surface area contributed by atoms with Gasteiger partial charge in [-0.1, -0.05) is 26.2 Å². The lowest BCUT2D eigenvalue weighted by atomic mass is 9.88. The summed E-state index contributed by atoms with van der Waals surface area (Å²) >= 11 is 0. The van der Waals surface area contributed by atoms with Gasteiger partial charge in [-0.2, -0.15) is 0 Å². The summed E-state index contributed by atoms with van der Waals surface area (Å²) in [7, 11) is 1.36. The first kappa shape index (κ1) is 20.2. The van der Waals surface area contributed by atoms with Gasteiger partial charge in [-0.05, 0) is 51.1 Å². The third-order valence-electron chi connectivity index (χ3n) is 5.46. The monoisotopic (exact) mass is 354 g/mol. The largest absolute Gasteiger partial charge is 0.467 e. The second kappa shape index (κ2) is 10.8. The first-order valence-electron chi connectivity index (χ1n) is 9.81. The number of rotatable bonds is 8. The van der Waals surface area contributed by atoms with Gasteiger partial charge in [0.25, 0.3) is 0 Å². The van der Waals surface area contributed by atoms with Gasteiger partial charge in [0.2, 0.25) is 5.91 Å². The summed E-state index contributed by atoms with van der Waals surface area (Å²) in [4.78, 5) is 26.6. The van der Waals surface area contributed by atoms with Gasteiger partial charge in [0.15, 0.2) is 0 Å². The third kappa shape index (κ3) is 6.94. The molecular formula is C19H34N2O4. The van der Waals surface area contributed by atoms with E-state index in [1.807, 2.05) is 0 Å². The number of methoxy groups -OCH3 is 1.